The molecule has 0 atom stereocenters. The van der Waals surface area contributed by atoms with E-state index in [1.165, 1.54) is 5.39 Å². The summed E-state index contributed by atoms with van der Waals surface area (Å²) in [6.45, 7) is 6.97. The standard InChI is InChI=1S/C27H32N4O2/c32-27-11-3-7-23-25(29-27)9-4-10-26(23)33-19-5-14-30-15-17-31(18-16-30)20-22-13-12-21-6-1-2-8-24(21)28-22/h1-2,4,6,8-10,12-13H,3,5,7,11,14-20H2,(H,29,32). The third-order valence-electron chi connectivity index (χ3n) is 6.62. The lowest BCUT2D eigenvalue weighted by molar-refractivity contribution is -0.116. The predicted octanol–water partition coefficient (Wildman–Crippen LogP) is 4.10. The number of rotatable bonds is 7. The zero-order valence-electron chi connectivity index (χ0n) is 19.1. The van der Waals surface area contributed by atoms with Gasteiger partial charge in [-0.25, -0.2) is 0 Å². The topological polar surface area (TPSA) is 57.7 Å². The number of nitrogens with zero attached hydrogens (tertiary/aromatic N) is 3. The fourth-order valence-electron chi connectivity index (χ4n) is 4.78. The Hall–Kier alpha value is -2.96. The number of pyridine rings is 1. The lowest BCUT2D eigenvalue weighted by Crippen LogP contribution is -2.46. The smallest absolute Gasteiger partial charge is 0.224 e. The summed E-state index contributed by atoms with van der Waals surface area (Å²) in [7, 11) is 0. The molecule has 0 spiro atoms. The van der Waals surface area contributed by atoms with Gasteiger partial charge in [-0.3, -0.25) is 14.7 Å². The van der Waals surface area contributed by atoms with Crippen molar-refractivity contribution in [1.29, 1.82) is 0 Å². The molecule has 1 fully saturated rings. The second kappa shape index (κ2) is 10.3. The molecule has 172 valence electrons. The Morgan fingerprint density at radius 1 is 0.909 bits per heavy atom. The Balaban J connectivity index is 1.05. The average molecular weight is 445 g/mol. The van der Waals surface area contributed by atoms with Crippen molar-refractivity contribution in [3.63, 3.8) is 0 Å². The molecule has 3 heterocycles. The summed E-state index contributed by atoms with van der Waals surface area (Å²) in [6.07, 6.45) is 3.34. The third kappa shape index (κ3) is 5.52. The number of carbonyl (C=O) groups excluding carboxylic acids is 1. The number of anilines is 1. The van der Waals surface area contributed by atoms with E-state index in [1.807, 2.05) is 24.3 Å². The molecule has 0 radical (unpaired) electrons. The number of hydrogen-bond donors (Lipinski definition) is 1. The highest BCUT2D eigenvalue weighted by Crippen LogP contribution is 2.30. The minimum Gasteiger partial charge on any atom is -0.493 e. The first-order chi connectivity index (χ1) is 16.2. The molecule has 3 aromatic rings. The summed E-state index contributed by atoms with van der Waals surface area (Å²) in [4.78, 5) is 21.7. The van der Waals surface area contributed by atoms with Crippen LogP contribution in [-0.4, -0.2) is 60.0 Å². The SMILES string of the molecule is O=C1CCCc2c(cccc2OCCCN2CCN(Cc3ccc4ccccc4n3)CC2)N1. The van der Waals surface area contributed by atoms with Crippen molar-refractivity contribution in [1.82, 2.24) is 14.8 Å². The molecule has 2 aliphatic rings. The normalized spacial score (nSPS) is 17.4. The van der Waals surface area contributed by atoms with Crippen molar-refractivity contribution in [2.24, 2.45) is 0 Å². The van der Waals surface area contributed by atoms with Crippen molar-refractivity contribution in [3.05, 3.63) is 65.9 Å². The molecule has 6 nitrogen and oxygen atoms in total. The van der Waals surface area contributed by atoms with Gasteiger partial charge in [0.05, 0.1) is 17.8 Å². The second-order valence-corrected chi connectivity index (χ2v) is 9.00. The molecule has 6 heteroatoms. The first-order valence-corrected chi connectivity index (χ1v) is 12.1. The van der Waals surface area contributed by atoms with Crippen LogP contribution in [0.2, 0.25) is 0 Å². The number of ether oxygens (including phenoxy) is 1. The molecule has 33 heavy (non-hydrogen) atoms. The van der Waals surface area contributed by atoms with E-state index in [-0.39, 0.29) is 5.91 Å². The number of benzene rings is 2. The van der Waals surface area contributed by atoms with Crippen LogP contribution in [0.25, 0.3) is 10.9 Å². The molecule has 5 rings (SSSR count). The molecular weight excluding hydrogens is 412 g/mol. The predicted molar refractivity (Wildman–Crippen MR) is 132 cm³/mol. The summed E-state index contributed by atoms with van der Waals surface area (Å²) in [5.74, 6) is 1.02. The lowest BCUT2D eigenvalue weighted by Gasteiger charge is -2.34. The van der Waals surface area contributed by atoms with E-state index in [9.17, 15) is 4.79 Å². The third-order valence-corrected chi connectivity index (χ3v) is 6.62. The van der Waals surface area contributed by atoms with Crippen molar-refractivity contribution >= 4 is 22.5 Å². The van der Waals surface area contributed by atoms with E-state index < -0.39 is 0 Å². The number of amides is 1. The van der Waals surface area contributed by atoms with Crippen LogP contribution in [0, 0.1) is 0 Å². The Labute approximate surface area is 195 Å². The van der Waals surface area contributed by atoms with Crippen LogP contribution in [0.4, 0.5) is 5.69 Å². The maximum Gasteiger partial charge on any atom is 0.224 e. The van der Waals surface area contributed by atoms with Gasteiger partial charge in [0, 0.05) is 62.3 Å². The number of piperazine rings is 1. The minimum absolute atomic E-state index is 0.0986. The van der Waals surface area contributed by atoms with Crippen molar-refractivity contribution < 1.29 is 9.53 Å². The van der Waals surface area contributed by atoms with Gasteiger partial charge in [0.1, 0.15) is 5.75 Å². The first-order valence-electron chi connectivity index (χ1n) is 12.1. The van der Waals surface area contributed by atoms with Crippen molar-refractivity contribution in [3.8, 4) is 5.75 Å². The van der Waals surface area contributed by atoms with E-state index >= 15 is 0 Å². The van der Waals surface area contributed by atoms with E-state index in [2.05, 4.69) is 45.4 Å². The molecule has 0 aliphatic carbocycles. The summed E-state index contributed by atoms with van der Waals surface area (Å²) in [5, 5.41) is 4.20. The lowest BCUT2D eigenvalue weighted by atomic mass is 10.1. The number of carbonyl (C=O) groups is 1. The zero-order chi connectivity index (χ0) is 22.5. The van der Waals surface area contributed by atoms with Crippen LogP contribution >= 0.6 is 0 Å². The van der Waals surface area contributed by atoms with Gasteiger partial charge in [-0.15, -0.1) is 0 Å². The van der Waals surface area contributed by atoms with Crippen LogP contribution < -0.4 is 10.1 Å². The highest BCUT2D eigenvalue weighted by atomic mass is 16.5. The van der Waals surface area contributed by atoms with Crippen molar-refractivity contribution in [2.45, 2.75) is 32.2 Å². The van der Waals surface area contributed by atoms with Gasteiger partial charge >= 0.3 is 0 Å². The van der Waals surface area contributed by atoms with Crippen LogP contribution in [0.1, 0.15) is 30.5 Å². The Morgan fingerprint density at radius 3 is 2.67 bits per heavy atom. The van der Waals surface area contributed by atoms with Crippen LogP contribution in [0.5, 0.6) is 5.75 Å². The van der Waals surface area contributed by atoms with E-state index in [1.54, 1.807) is 0 Å². The Kier molecular flexibility index (Phi) is 6.84. The maximum atomic E-state index is 11.8. The van der Waals surface area contributed by atoms with Crippen LogP contribution in [0.3, 0.4) is 0 Å². The van der Waals surface area contributed by atoms with Gasteiger partial charge in [-0.2, -0.15) is 0 Å². The zero-order valence-corrected chi connectivity index (χ0v) is 19.1. The molecule has 1 aromatic heterocycles. The quantitative estimate of drug-likeness (QED) is 0.556. The van der Waals surface area contributed by atoms with Crippen LogP contribution in [0.15, 0.2) is 54.6 Å². The fourth-order valence-corrected chi connectivity index (χ4v) is 4.78. The number of para-hydroxylation sites is 1. The summed E-state index contributed by atoms with van der Waals surface area (Å²) < 4.78 is 6.12. The first kappa shape index (κ1) is 21.9. The van der Waals surface area contributed by atoms with Gasteiger partial charge in [0.15, 0.2) is 0 Å². The van der Waals surface area contributed by atoms with Crippen molar-refractivity contribution in [2.75, 3.05) is 44.6 Å². The van der Waals surface area contributed by atoms with Gasteiger partial charge in [-0.05, 0) is 43.5 Å². The molecule has 0 unspecified atom stereocenters. The van der Waals surface area contributed by atoms with E-state index in [4.69, 9.17) is 9.72 Å². The summed E-state index contributed by atoms with van der Waals surface area (Å²) in [5.41, 5.74) is 4.27. The van der Waals surface area contributed by atoms with Gasteiger partial charge in [0.2, 0.25) is 5.91 Å². The molecule has 2 aromatic carbocycles. The van der Waals surface area contributed by atoms with Crippen LogP contribution in [-0.2, 0) is 17.8 Å². The van der Waals surface area contributed by atoms with Gasteiger partial charge in [-0.1, -0.05) is 30.3 Å². The summed E-state index contributed by atoms with van der Waals surface area (Å²) in [6, 6.07) is 18.6. The second-order valence-electron chi connectivity index (χ2n) is 9.00. The molecular formula is C27H32N4O2. The molecule has 0 saturated carbocycles. The van der Waals surface area contributed by atoms with E-state index in [0.717, 1.165) is 86.7 Å². The molecule has 0 bridgehead atoms. The summed E-state index contributed by atoms with van der Waals surface area (Å²) >= 11 is 0. The Bertz CT molecular complexity index is 1110. The molecule has 1 amide bonds. The highest BCUT2D eigenvalue weighted by Gasteiger charge is 2.18. The average Bonchev–Trinajstić information content (AvgIpc) is 3.04. The fraction of sp³-hybridized carbons (Fsp3) is 0.407. The number of hydrogen-bond acceptors (Lipinski definition) is 5. The number of aromatic nitrogens is 1. The number of fused-ring (bicyclic) bond motifs is 2. The van der Waals surface area contributed by atoms with Gasteiger partial charge < -0.3 is 15.0 Å². The molecule has 1 N–H and O–H groups in total. The Morgan fingerprint density at radius 2 is 1.76 bits per heavy atom. The van der Waals surface area contributed by atoms with E-state index in [0.29, 0.717) is 13.0 Å². The highest BCUT2D eigenvalue weighted by molar-refractivity contribution is 5.92. The van der Waals surface area contributed by atoms with Gasteiger partial charge in [0.25, 0.3) is 0 Å². The maximum absolute atomic E-state index is 11.8. The molecule has 2 aliphatic heterocycles. The minimum atomic E-state index is 0.0986. The monoisotopic (exact) mass is 444 g/mol. The molecule has 1 saturated heterocycles. The largest absolute Gasteiger partial charge is 0.493 e. The number of nitrogens with one attached hydrogen (secondary N) is 1.